The van der Waals surface area contributed by atoms with Crippen molar-refractivity contribution in [3.63, 3.8) is 0 Å². The summed E-state index contributed by atoms with van der Waals surface area (Å²) in [5.41, 5.74) is 1.92. The van der Waals surface area contributed by atoms with Gasteiger partial charge in [0, 0.05) is 43.8 Å². The first-order valence-corrected chi connectivity index (χ1v) is 8.82. The molecule has 0 saturated carbocycles. The summed E-state index contributed by atoms with van der Waals surface area (Å²) in [4.78, 5) is 4.76. The molecule has 1 aliphatic rings. The van der Waals surface area contributed by atoms with Gasteiger partial charge >= 0.3 is 0 Å². The zero-order valence-electron chi connectivity index (χ0n) is 14.0. The number of benzene rings is 1. The van der Waals surface area contributed by atoms with E-state index in [-0.39, 0.29) is 12.6 Å². The van der Waals surface area contributed by atoms with Crippen LogP contribution in [-0.4, -0.2) is 68.7 Å². The van der Waals surface area contributed by atoms with E-state index in [0.717, 1.165) is 50.5 Å². The van der Waals surface area contributed by atoms with Crippen molar-refractivity contribution in [1.82, 2.24) is 24.8 Å². The Morgan fingerprint density at radius 1 is 1.17 bits per heavy atom. The fraction of sp³-hybridized carbons (Fsp3) is 0.529. The van der Waals surface area contributed by atoms with Crippen LogP contribution in [0.15, 0.2) is 30.5 Å². The fourth-order valence-corrected chi connectivity index (χ4v) is 3.24. The molecule has 0 radical (unpaired) electrons. The molecule has 3 rings (SSSR count). The fourth-order valence-electron chi connectivity index (χ4n) is 3.11. The maximum atomic E-state index is 9.42. The van der Waals surface area contributed by atoms with Gasteiger partial charge in [0.1, 0.15) is 0 Å². The zero-order valence-corrected chi connectivity index (χ0v) is 14.7. The van der Waals surface area contributed by atoms with Gasteiger partial charge in [-0.3, -0.25) is 9.80 Å². The molecule has 1 fully saturated rings. The van der Waals surface area contributed by atoms with Crippen molar-refractivity contribution < 1.29 is 5.11 Å². The average molecular weight is 350 g/mol. The highest BCUT2D eigenvalue weighted by Gasteiger charge is 2.22. The molecular weight excluding hydrogens is 326 g/mol. The molecule has 0 spiro atoms. The molecule has 1 N–H and O–H groups in total. The Hall–Kier alpha value is -1.47. The number of hydrogen-bond acceptors (Lipinski definition) is 5. The summed E-state index contributed by atoms with van der Waals surface area (Å²) in [6.07, 6.45) is 2.96. The first kappa shape index (κ1) is 17.4. The summed E-state index contributed by atoms with van der Waals surface area (Å²) in [5.74, 6) is 0. The molecule has 7 heteroatoms. The molecule has 130 valence electrons. The molecule has 24 heavy (non-hydrogen) atoms. The van der Waals surface area contributed by atoms with Crippen molar-refractivity contribution in [3.8, 4) is 5.69 Å². The summed E-state index contributed by atoms with van der Waals surface area (Å²) in [5, 5.41) is 18.6. The second kappa shape index (κ2) is 8.07. The number of aromatic nitrogens is 3. The highest BCUT2D eigenvalue weighted by Crippen LogP contribution is 2.14. The summed E-state index contributed by atoms with van der Waals surface area (Å²) in [6, 6.07) is 7.85. The van der Waals surface area contributed by atoms with Gasteiger partial charge in [-0.15, -0.1) is 5.10 Å². The van der Waals surface area contributed by atoms with Gasteiger partial charge in [0.05, 0.1) is 24.2 Å². The first-order chi connectivity index (χ1) is 11.7. The molecule has 2 heterocycles. The van der Waals surface area contributed by atoms with E-state index in [4.69, 9.17) is 11.6 Å². The zero-order chi connectivity index (χ0) is 16.9. The molecule has 2 aromatic rings. The third-order valence-electron chi connectivity index (χ3n) is 4.62. The predicted molar refractivity (Wildman–Crippen MR) is 94.4 cm³/mol. The predicted octanol–water partition coefficient (Wildman–Crippen LogP) is 1.81. The van der Waals surface area contributed by atoms with Crippen LogP contribution in [0.2, 0.25) is 5.02 Å². The molecule has 1 aliphatic heterocycles. The van der Waals surface area contributed by atoms with Crippen LogP contribution in [0.5, 0.6) is 0 Å². The van der Waals surface area contributed by atoms with Crippen molar-refractivity contribution in [2.24, 2.45) is 0 Å². The van der Waals surface area contributed by atoms with Gasteiger partial charge in [-0.25, -0.2) is 4.68 Å². The summed E-state index contributed by atoms with van der Waals surface area (Å²) in [7, 11) is 0. The Morgan fingerprint density at radius 2 is 1.88 bits per heavy atom. The smallest absolute Gasteiger partial charge is 0.0971 e. The van der Waals surface area contributed by atoms with Crippen molar-refractivity contribution in [3.05, 3.63) is 41.2 Å². The van der Waals surface area contributed by atoms with Gasteiger partial charge in [-0.1, -0.05) is 23.7 Å². The number of aliphatic hydroxyl groups excluding tert-OH is 1. The largest absolute Gasteiger partial charge is 0.395 e. The van der Waals surface area contributed by atoms with Gasteiger partial charge in [-0.2, -0.15) is 0 Å². The third-order valence-corrected chi connectivity index (χ3v) is 4.87. The summed E-state index contributed by atoms with van der Waals surface area (Å²) >= 11 is 5.92. The molecule has 1 saturated heterocycles. The summed E-state index contributed by atoms with van der Waals surface area (Å²) < 4.78 is 1.78. The van der Waals surface area contributed by atoms with Crippen LogP contribution in [0.4, 0.5) is 0 Å². The number of hydrogen-bond donors (Lipinski definition) is 1. The van der Waals surface area contributed by atoms with Crippen LogP contribution < -0.4 is 0 Å². The third kappa shape index (κ3) is 4.13. The molecule has 1 atom stereocenters. The van der Waals surface area contributed by atoms with Crippen molar-refractivity contribution in [2.75, 3.05) is 32.8 Å². The van der Waals surface area contributed by atoms with Crippen molar-refractivity contribution in [2.45, 2.75) is 25.9 Å². The van der Waals surface area contributed by atoms with E-state index in [9.17, 15) is 5.11 Å². The monoisotopic (exact) mass is 349 g/mol. The second-order valence-corrected chi connectivity index (χ2v) is 6.62. The standard InChI is InChI=1S/C17H24ClN5O/c1-2-16(13-24)22-9-7-21(8-10-22)11-15-12-23(20-19-15)17-5-3-14(18)4-6-17/h3-6,12,16,24H,2,7-11,13H2,1H3. The molecule has 6 nitrogen and oxygen atoms in total. The van der Waals surface area contributed by atoms with E-state index in [0.29, 0.717) is 5.02 Å². The van der Waals surface area contributed by atoms with E-state index >= 15 is 0 Å². The van der Waals surface area contributed by atoms with E-state index in [1.54, 1.807) is 4.68 Å². The van der Waals surface area contributed by atoms with Crippen LogP contribution in [0.1, 0.15) is 19.0 Å². The van der Waals surface area contributed by atoms with Gasteiger partial charge < -0.3 is 5.11 Å². The van der Waals surface area contributed by atoms with Crippen LogP contribution in [-0.2, 0) is 6.54 Å². The van der Waals surface area contributed by atoms with Crippen LogP contribution in [0.3, 0.4) is 0 Å². The number of nitrogens with zero attached hydrogens (tertiary/aromatic N) is 5. The minimum atomic E-state index is 0.242. The lowest BCUT2D eigenvalue weighted by Gasteiger charge is -2.38. The van der Waals surface area contributed by atoms with E-state index in [1.807, 2.05) is 30.5 Å². The SMILES string of the molecule is CCC(CO)N1CCN(Cc2cn(-c3ccc(Cl)cc3)nn2)CC1. The maximum Gasteiger partial charge on any atom is 0.0971 e. The number of piperazine rings is 1. The van der Waals surface area contributed by atoms with Crippen LogP contribution >= 0.6 is 11.6 Å². The van der Waals surface area contributed by atoms with Crippen LogP contribution in [0.25, 0.3) is 5.69 Å². The lowest BCUT2D eigenvalue weighted by Crippen LogP contribution is -2.50. The van der Waals surface area contributed by atoms with E-state index < -0.39 is 0 Å². The Balaban J connectivity index is 1.55. The van der Waals surface area contributed by atoms with Crippen LogP contribution in [0, 0.1) is 0 Å². The summed E-state index contributed by atoms with van der Waals surface area (Å²) in [6.45, 7) is 7.13. The highest BCUT2D eigenvalue weighted by molar-refractivity contribution is 6.30. The Morgan fingerprint density at radius 3 is 2.50 bits per heavy atom. The quantitative estimate of drug-likeness (QED) is 0.862. The Bertz CT molecular complexity index is 633. The lowest BCUT2D eigenvalue weighted by atomic mass is 10.1. The first-order valence-electron chi connectivity index (χ1n) is 8.44. The Labute approximate surface area is 147 Å². The molecule has 0 amide bonds. The molecule has 0 bridgehead atoms. The topological polar surface area (TPSA) is 57.4 Å². The molecule has 1 unspecified atom stereocenters. The van der Waals surface area contributed by atoms with Gasteiger partial charge in [0.15, 0.2) is 0 Å². The van der Waals surface area contributed by atoms with Crippen molar-refractivity contribution in [1.29, 1.82) is 0 Å². The Kier molecular flexibility index (Phi) is 5.84. The average Bonchev–Trinajstić information content (AvgIpc) is 3.06. The number of aliphatic hydroxyl groups is 1. The van der Waals surface area contributed by atoms with Gasteiger partial charge in [-0.05, 0) is 30.7 Å². The minimum Gasteiger partial charge on any atom is -0.395 e. The molecule has 1 aromatic carbocycles. The van der Waals surface area contributed by atoms with Crippen molar-refractivity contribution >= 4 is 11.6 Å². The minimum absolute atomic E-state index is 0.242. The normalized spacial score (nSPS) is 18.0. The maximum absolute atomic E-state index is 9.42. The molecule has 1 aromatic heterocycles. The van der Waals surface area contributed by atoms with E-state index in [1.165, 1.54) is 0 Å². The second-order valence-electron chi connectivity index (χ2n) is 6.19. The lowest BCUT2D eigenvalue weighted by molar-refractivity contribution is 0.0603. The molecule has 0 aliphatic carbocycles. The number of rotatable bonds is 6. The highest BCUT2D eigenvalue weighted by atomic mass is 35.5. The van der Waals surface area contributed by atoms with Gasteiger partial charge in [0.2, 0.25) is 0 Å². The molecular formula is C17H24ClN5O. The number of halogens is 1. The van der Waals surface area contributed by atoms with Gasteiger partial charge in [0.25, 0.3) is 0 Å². The van der Waals surface area contributed by atoms with E-state index in [2.05, 4.69) is 27.0 Å².